The lowest BCUT2D eigenvalue weighted by Gasteiger charge is -2.16. The summed E-state index contributed by atoms with van der Waals surface area (Å²) in [7, 11) is -3.58. The molecule has 2 aromatic carbocycles. The monoisotopic (exact) mass is 439 g/mol. The van der Waals surface area contributed by atoms with Crippen LogP contribution in [0.4, 0.5) is 4.39 Å². The maximum absolute atomic E-state index is 14.0. The molecule has 2 N–H and O–H groups in total. The van der Waals surface area contributed by atoms with E-state index in [-0.39, 0.29) is 18.0 Å². The van der Waals surface area contributed by atoms with Gasteiger partial charge in [-0.05, 0) is 48.7 Å². The van der Waals surface area contributed by atoms with E-state index in [4.69, 9.17) is 5.73 Å². The molecule has 0 unspecified atom stereocenters. The van der Waals surface area contributed by atoms with Crippen molar-refractivity contribution in [3.8, 4) is 17.2 Å². The highest BCUT2D eigenvalue weighted by Gasteiger charge is 2.27. The first-order valence-electron chi connectivity index (χ1n) is 9.98. The number of fused-ring (bicyclic) bond motifs is 1. The molecule has 9 heteroatoms. The maximum atomic E-state index is 14.0. The topological polar surface area (TPSA) is 105 Å². The van der Waals surface area contributed by atoms with Crippen LogP contribution >= 0.6 is 0 Å². The summed E-state index contributed by atoms with van der Waals surface area (Å²) < 4.78 is 43.1. The molecule has 0 saturated carbocycles. The van der Waals surface area contributed by atoms with Gasteiger partial charge in [-0.1, -0.05) is 12.1 Å². The SMILES string of the molecule is N#Cc1cc(-c2cccc(S(=O)(=O)N3CCCC3)c2)c2ncn(CC(F)=CCN)c2c1. The number of allylic oxidation sites excluding steroid dienone is 1. The van der Waals surface area contributed by atoms with Crippen LogP contribution in [0.1, 0.15) is 18.4 Å². The summed E-state index contributed by atoms with van der Waals surface area (Å²) in [6, 6.07) is 12.1. The smallest absolute Gasteiger partial charge is 0.243 e. The van der Waals surface area contributed by atoms with Crippen LogP contribution in [-0.2, 0) is 16.6 Å². The highest BCUT2D eigenvalue weighted by molar-refractivity contribution is 7.89. The molecule has 1 saturated heterocycles. The summed E-state index contributed by atoms with van der Waals surface area (Å²) in [6.45, 7) is 1.08. The quantitative estimate of drug-likeness (QED) is 0.635. The summed E-state index contributed by atoms with van der Waals surface area (Å²) in [5.41, 5.74) is 8.15. The predicted octanol–water partition coefficient (Wildman–Crippen LogP) is 3.17. The zero-order valence-corrected chi connectivity index (χ0v) is 17.6. The Morgan fingerprint density at radius 3 is 2.74 bits per heavy atom. The number of nitrogens with zero attached hydrogens (tertiary/aromatic N) is 4. The van der Waals surface area contributed by atoms with E-state index in [2.05, 4.69) is 11.1 Å². The normalized spacial score (nSPS) is 15.5. The Bertz CT molecular complexity index is 1300. The van der Waals surface area contributed by atoms with Crippen molar-refractivity contribution in [2.75, 3.05) is 19.6 Å². The Morgan fingerprint density at radius 2 is 2.03 bits per heavy atom. The molecule has 0 bridgehead atoms. The molecule has 0 radical (unpaired) electrons. The van der Waals surface area contributed by atoms with Crippen molar-refractivity contribution in [1.29, 1.82) is 5.26 Å². The molecule has 31 heavy (non-hydrogen) atoms. The molecule has 2 heterocycles. The van der Waals surface area contributed by atoms with Gasteiger partial charge in [-0.15, -0.1) is 0 Å². The van der Waals surface area contributed by atoms with Gasteiger partial charge in [-0.25, -0.2) is 17.8 Å². The first-order chi connectivity index (χ1) is 14.9. The molecule has 4 rings (SSSR count). The maximum Gasteiger partial charge on any atom is 0.243 e. The van der Waals surface area contributed by atoms with Gasteiger partial charge in [0.15, 0.2) is 0 Å². The molecule has 0 aliphatic carbocycles. The number of imidazole rings is 1. The second-order valence-electron chi connectivity index (χ2n) is 7.40. The molecular weight excluding hydrogens is 417 g/mol. The first kappa shape index (κ1) is 21.2. The molecule has 0 atom stereocenters. The minimum atomic E-state index is -3.58. The minimum Gasteiger partial charge on any atom is -0.327 e. The Morgan fingerprint density at radius 1 is 1.26 bits per heavy atom. The van der Waals surface area contributed by atoms with E-state index in [0.717, 1.165) is 12.8 Å². The lowest BCUT2D eigenvalue weighted by atomic mass is 10.0. The van der Waals surface area contributed by atoms with Crippen LogP contribution < -0.4 is 5.73 Å². The molecule has 0 spiro atoms. The van der Waals surface area contributed by atoms with Crippen LogP contribution in [0.25, 0.3) is 22.2 Å². The number of rotatable bonds is 6. The van der Waals surface area contributed by atoms with Crippen molar-refractivity contribution in [2.45, 2.75) is 24.3 Å². The third-order valence-electron chi connectivity index (χ3n) is 5.36. The Balaban J connectivity index is 1.82. The van der Waals surface area contributed by atoms with Gasteiger partial charge in [-0.2, -0.15) is 9.57 Å². The number of nitriles is 1. The number of hydrogen-bond donors (Lipinski definition) is 1. The largest absolute Gasteiger partial charge is 0.327 e. The van der Waals surface area contributed by atoms with Gasteiger partial charge in [0.05, 0.1) is 40.4 Å². The summed E-state index contributed by atoms with van der Waals surface area (Å²) >= 11 is 0. The first-order valence-corrected chi connectivity index (χ1v) is 11.4. The molecule has 3 aromatic rings. The van der Waals surface area contributed by atoms with Crippen molar-refractivity contribution >= 4 is 21.1 Å². The van der Waals surface area contributed by atoms with Crippen LogP contribution in [0.15, 0.2) is 59.5 Å². The summed E-state index contributed by atoms with van der Waals surface area (Å²) in [5.74, 6) is -0.399. The third-order valence-corrected chi connectivity index (χ3v) is 7.26. The fourth-order valence-corrected chi connectivity index (χ4v) is 5.39. The van der Waals surface area contributed by atoms with Gasteiger partial charge in [0, 0.05) is 25.2 Å². The lowest BCUT2D eigenvalue weighted by Crippen LogP contribution is -2.27. The highest BCUT2D eigenvalue weighted by Crippen LogP contribution is 2.32. The minimum absolute atomic E-state index is 0.0502. The van der Waals surface area contributed by atoms with E-state index in [1.807, 2.05) is 0 Å². The third kappa shape index (κ3) is 4.10. The highest BCUT2D eigenvalue weighted by atomic mass is 32.2. The summed E-state index contributed by atoms with van der Waals surface area (Å²) in [5, 5.41) is 9.51. The second-order valence-corrected chi connectivity index (χ2v) is 9.34. The zero-order valence-electron chi connectivity index (χ0n) is 16.8. The molecule has 1 aliphatic heterocycles. The average molecular weight is 440 g/mol. The van der Waals surface area contributed by atoms with E-state index < -0.39 is 15.9 Å². The Hall–Kier alpha value is -3.06. The Labute approximate surface area is 180 Å². The van der Waals surface area contributed by atoms with Crippen LogP contribution in [0, 0.1) is 11.3 Å². The van der Waals surface area contributed by atoms with Crippen LogP contribution in [0.3, 0.4) is 0 Å². The molecule has 1 fully saturated rings. The fraction of sp³-hybridized carbons (Fsp3) is 0.273. The summed E-state index contributed by atoms with van der Waals surface area (Å²) in [6.07, 6.45) is 4.50. The lowest BCUT2D eigenvalue weighted by molar-refractivity contribution is 0.477. The molecule has 1 aromatic heterocycles. The molecule has 160 valence electrons. The van der Waals surface area contributed by atoms with Gasteiger partial charge >= 0.3 is 0 Å². The van der Waals surface area contributed by atoms with Crippen molar-refractivity contribution in [1.82, 2.24) is 13.9 Å². The van der Waals surface area contributed by atoms with Gasteiger partial charge in [0.2, 0.25) is 10.0 Å². The second kappa shape index (κ2) is 8.59. The van der Waals surface area contributed by atoms with Gasteiger partial charge in [-0.3, -0.25) is 0 Å². The van der Waals surface area contributed by atoms with Crippen molar-refractivity contribution in [3.63, 3.8) is 0 Å². The van der Waals surface area contributed by atoms with Crippen LogP contribution in [0.2, 0.25) is 0 Å². The standard InChI is InChI=1S/C22H22FN5O2S/c23-18(6-7-24)14-27-15-26-22-20(10-16(13-25)11-21(22)27)17-4-3-5-19(12-17)31(29,30)28-8-1-2-9-28/h3-6,10-12,15H,1-2,7-9,14,24H2. The average Bonchev–Trinajstić information content (AvgIpc) is 3.44. The van der Waals surface area contributed by atoms with Crippen molar-refractivity contribution in [2.24, 2.45) is 5.73 Å². The number of benzene rings is 2. The molecule has 1 aliphatic rings. The number of aromatic nitrogens is 2. The number of hydrogen-bond acceptors (Lipinski definition) is 5. The van der Waals surface area contributed by atoms with Crippen LogP contribution in [-0.4, -0.2) is 41.9 Å². The summed E-state index contributed by atoms with van der Waals surface area (Å²) in [4.78, 5) is 4.63. The van der Waals surface area contributed by atoms with E-state index in [1.54, 1.807) is 41.0 Å². The molecule has 7 nitrogen and oxygen atoms in total. The predicted molar refractivity (Wildman–Crippen MR) is 116 cm³/mol. The van der Waals surface area contributed by atoms with E-state index >= 15 is 0 Å². The number of sulfonamides is 1. The van der Waals surface area contributed by atoms with Crippen molar-refractivity contribution in [3.05, 3.63) is 60.2 Å². The van der Waals surface area contributed by atoms with E-state index in [9.17, 15) is 18.1 Å². The molecular formula is C22H22FN5O2S. The zero-order chi connectivity index (χ0) is 22.0. The Kier molecular flexibility index (Phi) is 5.87. The van der Waals surface area contributed by atoms with Gasteiger partial charge in [0.25, 0.3) is 0 Å². The van der Waals surface area contributed by atoms with Crippen LogP contribution in [0.5, 0.6) is 0 Å². The number of nitrogens with two attached hydrogens (primary N) is 1. The van der Waals surface area contributed by atoms with E-state index in [1.165, 1.54) is 16.7 Å². The van der Waals surface area contributed by atoms with E-state index in [0.29, 0.717) is 40.8 Å². The molecule has 0 amide bonds. The number of halogens is 1. The van der Waals surface area contributed by atoms with Gasteiger partial charge < -0.3 is 10.3 Å². The van der Waals surface area contributed by atoms with Gasteiger partial charge in [0.1, 0.15) is 5.83 Å². The van der Waals surface area contributed by atoms with Crippen molar-refractivity contribution < 1.29 is 12.8 Å². The fourth-order valence-electron chi connectivity index (χ4n) is 3.83.